The number of phenolic OH excluding ortho intramolecular Hbond substituents is 1. The number of carboxylic acids is 1. The standard InChI is InChI=1S/C17H16O5/c1-11(18)16-7-6-15(8-13(16)9-17(20)21)22-10-12-2-4-14(19)5-3-12/h2-8,19H,9-10H2,1H3,(H,20,21). The van der Waals surface area contributed by atoms with Crippen molar-refractivity contribution in [2.24, 2.45) is 0 Å². The number of hydrogen-bond acceptors (Lipinski definition) is 4. The van der Waals surface area contributed by atoms with Crippen LogP contribution < -0.4 is 4.74 Å². The van der Waals surface area contributed by atoms with E-state index >= 15 is 0 Å². The van der Waals surface area contributed by atoms with Crippen molar-refractivity contribution in [1.29, 1.82) is 0 Å². The van der Waals surface area contributed by atoms with Crippen LogP contribution in [0, 0.1) is 0 Å². The van der Waals surface area contributed by atoms with Crippen molar-refractivity contribution in [2.45, 2.75) is 20.0 Å². The molecule has 0 aromatic heterocycles. The molecule has 5 heteroatoms. The van der Waals surface area contributed by atoms with Gasteiger partial charge in [-0.3, -0.25) is 9.59 Å². The lowest BCUT2D eigenvalue weighted by Crippen LogP contribution is -2.07. The van der Waals surface area contributed by atoms with Crippen molar-refractivity contribution >= 4 is 11.8 Å². The number of rotatable bonds is 6. The summed E-state index contributed by atoms with van der Waals surface area (Å²) in [6.07, 6.45) is -0.231. The number of Topliss-reactive ketones (excluding diaryl/α,β-unsaturated/α-hetero) is 1. The van der Waals surface area contributed by atoms with Crippen LogP contribution >= 0.6 is 0 Å². The lowest BCUT2D eigenvalue weighted by atomic mass is 10.0. The summed E-state index contributed by atoms with van der Waals surface area (Å²) in [5, 5.41) is 18.1. The van der Waals surface area contributed by atoms with Crippen LogP contribution in [0.3, 0.4) is 0 Å². The van der Waals surface area contributed by atoms with Gasteiger partial charge in [0.25, 0.3) is 0 Å². The van der Waals surface area contributed by atoms with Crippen molar-refractivity contribution in [2.75, 3.05) is 0 Å². The van der Waals surface area contributed by atoms with Gasteiger partial charge >= 0.3 is 5.97 Å². The van der Waals surface area contributed by atoms with E-state index in [1.54, 1.807) is 42.5 Å². The minimum absolute atomic E-state index is 0.179. The first-order chi connectivity index (χ1) is 10.5. The van der Waals surface area contributed by atoms with Crippen molar-refractivity contribution < 1.29 is 24.5 Å². The summed E-state index contributed by atoms with van der Waals surface area (Å²) in [4.78, 5) is 22.4. The van der Waals surface area contributed by atoms with Crippen LogP contribution in [0.2, 0.25) is 0 Å². The van der Waals surface area contributed by atoms with Crippen LogP contribution in [-0.4, -0.2) is 22.0 Å². The molecule has 0 saturated heterocycles. The van der Waals surface area contributed by atoms with Crippen LogP contribution in [0.15, 0.2) is 42.5 Å². The normalized spacial score (nSPS) is 10.2. The fourth-order valence-corrected chi connectivity index (χ4v) is 2.07. The summed E-state index contributed by atoms with van der Waals surface area (Å²) < 4.78 is 5.60. The molecule has 0 aliphatic heterocycles. The molecule has 5 nitrogen and oxygen atoms in total. The van der Waals surface area contributed by atoms with E-state index in [0.29, 0.717) is 16.9 Å². The van der Waals surface area contributed by atoms with Gasteiger partial charge in [0.05, 0.1) is 6.42 Å². The number of aromatic hydroxyl groups is 1. The Morgan fingerprint density at radius 1 is 1.09 bits per heavy atom. The largest absolute Gasteiger partial charge is 0.508 e. The van der Waals surface area contributed by atoms with Gasteiger partial charge in [0, 0.05) is 5.56 Å². The average Bonchev–Trinajstić information content (AvgIpc) is 2.46. The van der Waals surface area contributed by atoms with Gasteiger partial charge in [-0.2, -0.15) is 0 Å². The van der Waals surface area contributed by atoms with Gasteiger partial charge in [0.1, 0.15) is 18.1 Å². The minimum atomic E-state index is -1.00. The minimum Gasteiger partial charge on any atom is -0.508 e. The quantitative estimate of drug-likeness (QED) is 0.801. The maximum Gasteiger partial charge on any atom is 0.307 e. The number of carbonyl (C=O) groups excluding carboxylic acids is 1. The van der Waals surface area contributed by atoms with Crippen LogP contribution in [0.5, 0.6) is 11.5 Å². The summed E-state index contributed by atoms with van der Waals surface area (Å²) in [5.41, 5.74) is 1.69. The Bertz CT molecular complexity index is 689. The zero-order chi connectivity index (χ0) is 16.1. The van der Waals surface area contributed by atoms with Gasteiger partial charge in [-0.15, -0.1) is 0 Å². The molecule has 2 rings (SSSR count). The van der Waals surface area contributed by atoms with Crippen LogP contribution in [0.1, 0.15) is 28.4 Å². The molecule has 0 atom stereocenters. The summed E-state index contributed by atoms with van der Waals surface area (Å²) in [6.45, 7) is 1.68. The second kappa shape index (κ2) is 6.76. The molecule has 0 fully saturated rings. The van der Waals surface area contributed by atoms with Crippen LogP contribution in [0.4, 0.5) is 0 Å². The van der Waals surface area contributed by atoms with Gasteiger partial charge in [0.15, 0.2) is 5.78 Å². The van der Waals surface area contributed by atoms with Gasteiger partial charge < -0.3 is 14.9 Å². The molecule has 0 aliphatic carbocycles. The summed E-state index contributed by atoms with van der Waals surface area (Å²) in [6, 6.07) is 11.4. The lowest BCUT2D eigenvalue weighted by molar-refractivity contribution is -0.136. The summed E-state index contributed by atoms with van der Waals surface area (Å²) in [7, 11) is 0. The number of phenols is 1. The molecular weight excluding hydrogens is 284 g/mol. The molecule has 0 radical (unpaired) electrons. The Labute approximate surface area is 127 Å². The molecule has 2 N–H and O–H groups in total. The monoisotopic (exact) mass is 300 g/mol. The molecular formula is C17H16O5. The Morgan fingerprint density at radius 2 is 1.77 bits per heavy atom. The SMILES string of the molecule is CC(=O)c1ccc(OCc2ccc(O)cc2)cc1CC(=O)O. The maximum absolute atomic E-state index is 11.5. The molecule has 0 bridgehead atoms. The highest BCUT2D eigenvalue weighted by Crippen LogP contribution is 2.21. The van der Waals surface area contributed by atoms with E-state index in [1.165, 1.54) is 6.92 Å². The summed E-state index contributed by atoms with van der Waals surface area (Å²) >= 11 is 0. The van der Waals surface area contributed by atoms with Gasteiger partial charge in [-0.1, -0.05) is 12.1 Å². The third-order valence-corrected chi connectivity index (χ3v) is 3.14. The Kier molecular flexibility index (Phi) is 4.78. The number of hydrogen-bond donors (Lipinski definition) is 2. The number of carbonyl (C=O) groups is 2. The van der Waals surface area contributed by atoms with E-state index in [-0.39, 0.29) is 24.6 Å². The first-order valence-corrected chi connectivity index (χ1v) is 6.72. The first kappa shape index (κ1) is 15.6. The third kappa shape index (κ3) is 4.09. The molecule has 0 amide bonds. The van der Waals surface area contributed by atoms with E-state index < -0.39 is 5.97 Å². The Hall–Kier alpha value is -2.82. The number of ether oxygens (including phenoxy) is 1. The fraction of sp³-hybridized carbons (Fsp3) is 0.176. The number of benzene rings is 2. The van der Waals surface area contributed by atoms with E-state index in [0.717, 1.165) is 5.56 Å². The molecule has 114 valence electrons. The van der Waals surface area contributed by atoms with E-state index in [4.69, 9.17) is 9.84 Å². The van der Waals surface area contributed by atoms with E-state index in [9.17, 15) is 14.7 Å². The second-order valence-corrected chi connectivity index (χ2v) is 4.90. The van der Waals surface area contributed by atoms with Crippen molar-refractivity contribution in [3.05, 3.63) is 59.2 Å². The lowest BCUT2D eigenvalue weighted by Gasteiger charge is -2.10. The number of aliphatic carboxylic acids is 1. The molecule has 0 aliphatic rings. The van der Waals surface area contributed by atoms with Gasteiger partial charge in [0.2, 0.25) is 0 Å². The predicted molar refractivity (Wildman–Crippen MR) is 80.2 cm³/mol. The van der Waals surface area contributed by atoms with Crippen LogP contribution in [0.25, 0.3) is 0 Å². The zero-order valence-corrected chi connectivity index (χ0v) is 12.1. The smallest absolute Gasteiger partial charge is 0.307 e. The maximum atomic E-state index is 11.5. The highest BCUT2D eigenvalue weighted by Gasteiger charge is 2.12. The topological polar surface area (TPSA) is 83.8 Å². The van der Waals surface area contributed by atoms with Crippen molar-refractivity contribution in [3.8, 4) is 11.5 Å². The predicted octanol–water partition coefficient (Wildman–Crippen LogP) is 2.80. The molecule has 0 unspecified atom stereocenters. The zero-order valence-electron chi connectivity index (χ0n) is 12.1. The molecule has 22 heavy (non-hydrogen) atoms. The molecule has 2 aromatic carbocycles. The van der Waals surface area contributed by atoms with E-state index in [2.05, 4.69) is 0 Å². The molecule has 0 spiro atoms. The van der Waals surface area contributed by atoms with Crippen LogP contribution in [-0.2, 0) is 17.8 Å². The fourth-order valence-electron chi connectivity index (χ4n) is 2.07. The average molecular weight is 300 g/mol. The molecule has 2 aromatic rings. The Balaban J connectivity index is 2.15. The second-order valence-electron chi connectivity index (χ2n) is 4.90. The van der Waals surface area contributed by atoms with Gasteiger partial charge in [-0.05, 0) is 48.4 Å². The highest BCUT2D eigenvalue weighted by atomic mass is 16.5. The third-order valence-electron chi connectivity index (χ3n) is 3.14. The van der Waals surface area contributed by atoms with Gasteiger partial charge in [-0.25, -0.2) is 0 Å². The highest BCUT2D eigenvalue weighted by molar-refractivity contribution is 5.96. The summed E-state index contributed by atoms with van der Waals surface area (Å²) in [5.74, 6) is -0.507. The number of carboxylic acid groups (broad SMARTS) is 1. The Morgan fingerprint density at radius 3 is 2.36 bits per heavy atom. The molecule has 0 heterocycles. The van der Waals surface area contributed by atoms with Crippen molar-refractivity contribution in [1.82, 2.24) is 0 Å². The van der Waals surface area contributed by atoms with Crippen molar-refractivity contribution in [3.63, 3.8) is 0 Å². The number of ketones is 1. The molecule has 0 saturated carbocycles. The first-order valence-electron chi connectivity index (χ1n) is 6.72. The van der Waals surface area contributed by atoms with E-state index in [1.807, 2.05) is 0 Å².